The minimum absolute atomic E-state index is 0.0580. The molecule has 1 saturated heterocycles. The predicted molar refractivity (Wildman–Crippen MR) is 115 cm³/mol. The van der Waals surface area contributed by atoms with Gasteiger partial charge < -0.3 is 14.4 Å². The fourth-order valence-electron chi connectivity index (χ4n) is 4.62. The first-order valence-corrected chi connectivity index (χ1v) is 10.6. The summed E-state index contributed by atoms with van der Waals surface area (Å²) in [6, 6.07) is 17.5. The van der Waals surface area contributed by atoms with Crippen LogP contribution in [0.5, 0.6) is 0 Å². The van der Waals surface area contributed by atoms with Crippen molar-refractivity contribution < 1.29 is 9.84 Å². The van der Waals surface area contributed by atoms with E-state index in [4.69, 9.17) is 4.74 Å². The Kier molecular flexibility index (Phi) is 5.56. The lowest BCUT2D eigenvalue weighted by atomic mass is 9.83. The standard InChI is InChI=1S/C25H31NO2/c1-4-18-10-12-19(13-11-18)15-26-16-22(21-8-6-7-9-23(21)26)25-20(5-2)24(27)14-17(3)28-25/h6-13,16-17,20,24-25,27H,4-5,14-15H2,1-3H3/t17-,20?,24+,25-/m1/s1. The molecule has 0 radical (unpaired) electrons. The van der Waals surface area contributed by atoms with Crippen molar-refractivity contribution in [2.45, 2.75) is 64.9 Å². The summed E-state index contributed by atoms with van der Waals surface area (Å²) in [7, 11) is 0. The Morgan fingerprint density at radius 3 is 2.46 bits per heavy atom. The molecular weight excluding hydrogens is 346 g/mol. The maximum Gasteiger partial charge on any atom is 0.0901 e. The van der Waals surface area contributed by atoms with Crippen molar-refractivity contribution >= 4 is 10.9 Å². The monoisotopic (exact) mass is 377 g/mol. The lowest BCUT2D eigenvalue weighted by molar-refractivity contribution is -0.132. The maximum absolute atomic E-state index is 10.6. The van der Waals surface area contributed by atoms with Gasteiger partial charge in [-0.1, -0.05) is 56.3 Å². The fourth-order valence-corrected chi connectivity index (χ4v) is 4.62. The van der Waals surface area contributed by atoms with Crippen LogP contribution in [-0.2, 0) is 17.7 Å². The summed E-state index contributed by atoms with van der Waals surface area (Å²) in [5.74, 6) is 0.138. The van der Waals surface area contributed by atoms with E-state index in [1.165, 1.54) is 27.6 Å². The van der Waals surface area contributed by atoms with Crippen LogP contribution in [0.2, 0.25) is 0 Å². The minimum Gasteiger partial charge on any atom is -0.393 e. The first-order valence-electron chi connectivity index (χ1n) is 10.6. The molecule has 0 amide bonds. The lowest BCUT2D eigenvalue weighted by Gasteiger charge is -2.38. The van der Waals surface area contributed by atoms with Gasteiger partial charge in [-0.3, -0.25) is 0 Å². The molecule has 1 unspecified atom stereocenters. The number of ether oxygens (including phenoxy) is 1. The van der Waals surface area contributed by atoms with Gasteiger partial charge in [0.2, 0.25) is 0 Å². The highest BCUT2D eigenvalue weighted by Gasteiger charge is 2.37. The zero-order valence-corrected chi connectivity index (χ0v) is 17.1. The Bertz CT molecular complexity index is 927. The van der Waals surface area contributed by atoms with Gasteiger partial charge in [0, 0.05) is 35.1 Å². The number of aryl methyl sites for hydroxylation is 1. The quantitative estimate of drug-likeness (QED) is 0.638. The van der Waals surface area contributed by atoms with Crippen LogP contribution >= 0.6 is 0 Å². The smallest absolute Gasteiger partial charge is 0.0901 e. The number of aliphatic hydroxyl groups excluding tert-OH is 1. The van der Waals surface area contributed by atoms with Gasteiger partial charge in [0.25, 0.3) is 0 Å². The number of benzene rings is 2. The Morgan fingerprint density at radius 1 is 1.04 bits per heavy atom. The molecule has 148 valence electrons. The summed E-state index contributed by atoms with van der Waals surface area (Å²) < 4.78 is 8.70. The average molecular weight is 378 g/mol. The molecule has 1 aliphatic heterocycles. The molecule has 3 aromatic rings. The second-order valence-electron chi connectivity index (χ2n) is 8.14. The highest BCUT2D eigenvalue weighted by atomic mass is 16.5. The van der Waals surface area contributed by atoms with Crippen molar-refractivity contribution in [1.82, 2.24) is 4.57 Å². The maximum atomic E-state index is 10.6. The number of rotatable bonds is 5. The van der Waals surface area contributed by atoms with Crippen LogP contribution in [0.3, 0.4) is 0 Å². The van der Waals surface area contributed by atoms with E-state index >= 15 is 0 Å². The number of hydrogen-bond acceptors (Lipinski definition) is 2. The molecule has 3 nitrogen and oxygen atoms in total. The van der Waals surface area contributed by atoms with Gasteiger partial charge >= 0.3 is 0 Å². The molecule has 0 spiro atoms. The Balaban J connectivity index is 1.73. The molecule has 1 fully saturated rings. The molecule has 2 heterocycles. The zero-order chi connectivity index (χ0) is 19.7. The fraction of sp³-hybridized carbons (Fsp3) is 0.440. The van der Waals surface area contributed by atoms with Crippen molar-refractivity contribution in [2.24, 2.45) is 5.92 Å². The number of fused-ring (bicyclic) bond motifs is 1. The summed E-state index contributed by atoms with van der Waals surface area (Å²) >= 11 is 0. The van der Waals surface area contributed by atoms with E-state index in [-0.39, 0.29) is 24.2 Å². The first-order chi connectivity index (χ1) is 13.6. The van der Waals surface area contributed by atoms with Crippen molar-refractivity contribution in [3.63, 3.8) is 0 Å². The van der Waals surface area contributed by atoms with Gasteiger partial charge in [-0.15, -0.1) is 0 Å². The molecule has 3 heteroatoms. The Morgan fingerprint density at radius 2 is 1.75 bits per heavy atom. The third kappa shape index (κ3) is 3.61. The van der Waals surface area contributed by atoms with Crippen LogP contribution in [-0.4, -0.2) is 21.9 Å². The van der Waals surface area contributed by atoms with Crippen molar-refractivity contribution in [1.29, 1.82) is 0 Å². The first kappa shape index (κ1) is 19.2. The lowest BCUT2D eigenvalue weighted by Crippen LogP contribution is -2.38. The molecule has 0 aliphatic carbocycles. The van der Waals surface area contributed by atoms with Gasteiger partial charge in [-0.25, -0.2) is 0 Å². The number of aromatic nitrogens is 1. The van der Waals surface area contributed by atoms with Crippen LogP contribution in [0, 0.1) is 5.92 Å². The van der Waals surface area contributed by atoms with Gasteiger partial charge in [0.1, 0.15) is 0 Å². The van der Waals surface area contributed by atoms with Crippen LogP contribution in [0.1, 0.15) is 56.4 Å². The molecule has 4 rings (SSSR count). The molecular formula is C25H31NO2. The summed E-state index contributed by atoms with van der Waals surface area (Å²) in [6.07, 6.45) is 4.66. The average Bonchev–Trinajstić information content (AvgIpc) is 3.06. The highest BCUT2D eigenvalue weighted by Crippen LogP contribution is 2.41. The van der Waals surface area contributed by atoms with Crippen LogP contribution in [0.15, 0.2) is 54.7 Å². The Hall–Kier alpha value is -2.10. The van der Waals surface area contributed by atoms with Crippen molar-refractivity contribution in [2.75, 3.05) is 0 Å². The minimum atomic E-state index is -0.303. The van der Waals surface area contributed by atoms with E-state index in [1.807, 2.05) is 0 Å². The van der Waals surface area contributed by atoms with Gasteiger partial charge in [0.05, 0.1) is 18.3 Å². The topological polar surface area (TPSA) is 34.4 Å². The summed E-state index contributed by atoms with van der Waals surface area (Å²) in [6.45, 7) is 7.24. The van der Waals surface area contributed by atoms with E-state index in [2.05, 4.69) is 80.1 Å². The summed E-state index contributed by atoms with van der Waals surface area (Å²) in [4.78, 5) is 0. The highest BCUT2D eigenvalue weighted by molar-refractivity contribution is 5.84. The third-order valence-corrected chi connectivity index (χ3v) is 6.22. The van der Waals surface area contributed by atoms with Crippen LogP contribution in [0.4, 0.5) is 0 Å². The van der Waals surface area contributed by atoms with E-state index in [0.29, 0.717) is 0 Å². The van der Waals surface area contributed by atoms with E-state index in [9.17, 15) is 5.11 Å². The second-order valence-corrected chi connectivity index (χ2v) is 8.14. The number of nitrogens with zero attached hydrogens (tertiary/aromatic N) is 1. The van der Waals surface area contributed by atoms with Crippen molar-refractivity contribution in [3.8, 4) is 0 Å². The van der Waals surface area contributed by atoms with E-state index < -0.39 is 0 Å². The van der Waals surface area contributed by atoms with Crippen molar-refractivity contribution in [3.05, 3.63) is 71.4 Å². The molecule has 1 N–H and O–H groups in total. The SMILES string of the molecule is CCc1ccc(Cn2cc([C@@H]3O[C@H](C)C[C@H](O)C3CC)c3ccccc32)cc1. The number of hydrogen-bond donors (Lipinski definition) is 1. The van der Waals surface area contributed by atoms with Gasteiger partial charge in [-0.05, 0) is 43.4 Å². The molecule has 1 aliphatic rings. The molecule has 4 atom stereocenters. The second kappa shape index (κ2) is 8.10. The van der Waals surface area contributed by atoms with E-state index in [1.54, 1.807) is 0 Å². The normalized spacial score (nSPS) is 25.3. The molecule has 0 saturated carbocycles. The van der Waals surface area contributed by atoms with Gasteiger partial charge in [0.15, 0.2) is 0 Å². The van der Waals surface area contributed by atoms with Crippen LogP contribution < -0.4 is 0 Å². The third-order valence-electron chi connectivity index (χ3n) is 6.22. The van der Waals surface area contributed by atoms with Crippen LogP contribution in [0.25, 0.3) is 10.9 Å². The summed E-state index contributed by atoms with van der Waals surface area (Å²) in [5, 5.41) is 11.9. The largest absolute Gasteiger partial charge is 0.393 e. The number of para-hydroxylation sites is 1. The Labute approximate surface area is 168 Å². The number of aliphatic hydroxyl groups is 1. The molecule has 0 bridgehead atoms. The molecule has 2 aromatic carbocycles. The van der Waals surface area contributed by atoms with E-state index in [0.717, 1.165) is 25.8 Å². The summed E-state index contributed by atoms with van der Waals surface area (Å²) in [5.41, 5.74) is 5.10. The predicted octanol–water partition coefficient (Wildman–Crippen LogP) is 5.49. The molecule has 28 heavy (non-hydrogen) atoms. The molecule has 1 aromatic heterocycles. The zero-order valence-electron chi connectivity index (χ0n) is 17.1. The van der Waals surface area contributed by atoms with Gasteiger partial charge in [-0.2, -0.15) is 0 Å².